The summed E-state index contributed by atoms with van der Waals surface area (Å²) in [6.07, 6.45) is -0.268. The number of nitrogens with zero attached hydrogens (tertiary/aromatic N) is 1. The largest absolute Gasteiger partial charge is 0.469 e. The lowest BCUT2D eigenvalue weighted by molar-refractivity contribution is -0.119. The van der Waals surface area contributed by atoms with Crippen molar-refractivity contribution in [1.29, 1.82) is 5.26 Å². The van der Waals surface area contributed by atoms with Crippen molar-refractivity contribution < 1.29 is 9.53 Å². The molecule has 2 aromatic carbocycles. The number of ether oxygens (including phenoxy) is 1. The Morgan fingerprint density at radius 3 is 2.65 bits per heavy atom. The molecule has 0 bridgehead atoms. The van der Waals surface area contributed by atoms with Crippen molar-refractivity contribution >= 4 is 23.1 Å². The van der Waals surface area contributed by atoms with Crippen LogP contribution in [-0.4, -0.2) is 5.78 Å². The van der Waals surface area contributed by atoms with E-state index in [2.05, 4.69) is 5.32 Å². The molecule has 23 heavy (non-hydrogen) atoms. The minimum absolute atomic E-state index is 0.00263. The van der Waals surface area contributed by atoms with Crippen LogP contribution in [0.5, 0.6) is 0 Å². The highest BCUT2D eigenvalue weighted by atomic mass is 35.5. The first kappa shape index (κ1) is 15.1. The molecule has 0 saturated carbocycles. The summed E-state index contributed by atoms with van der Waals surface area (Å²) in [5.41, 5.74) is 1.54. The van der Waals surface area contributed by atoms with Gasteiger partial charge in [0.05, 0.1) is 6.42 Å². The number of rotatable bonds is 3. The molecule has 3 rings (SSSR count). The molecule has 114 valence electrons. The fourth-order valence-electron chi connectivity index (χ4n) is 2.40. The molecule has 5 heteroatoms. The summed E-state index contributed by atoms with van der Waals surface area (Å²) >= 11 is 5.96. The third kappa shape index (κ3) is 3.36. The molecule has 1 heterocycles. The number of nitrogens with one attached hydrogen (secondary N) is 1. The zero-order chi connectivity index (χ0) is 16.2. The summed E-state index contributed by atoms with van der Waals surface area (Å²) in [5.74, 6) is -0.0722. The summed E-state index contributed by atoms with van der Waals surface area (Å²) in [4.78, 5) is 12.3. The van der Waals surface area contributed by atoms with Gasteiger partial charge in [-0.3, -0.25) is 4.79 Å². The van der Waals surface area contributed by atoms with E-state index in [4.69, 9.17) is 16.3 Å². The fourth-order valence-corrected chi connectivity index (χ4v) is 2.59. The molecule has 2 aromatic rings. The van der Waals surface area contributed by atoms with Crippen molar-refractivity contribution in [2.24, 2.45) is 0 Å². The van der Waals surface area contributed by atoms with E-state index in [1.54, 1.807) is 24.3 Å². The molecule has 0 saturated heterocycles. The molecular formula is C18H13ClN2O2. The van der Waals surface area contributed by atoms with Gasteiger partial charge in [0, 0.05) is 10.7 Å². The standard InChI is InChI=1S/C18H13ClN2O2/c19-13-7-4-8-14(9-13)21-18-15(11-20)16(22)10-17(23-18)12-5-2-1-3-6-12/h1-9,17,21H,10H2. The number of nitriles is 1. The van der Waals surface area contributed by atoms with Crippen molar-refractivity contribution in [2.45, 2.75) is 12.5 Å². The Bertz CT molecular complexity index is 809. The molecule has 0 spiro atoms. The smallest absolute Gasteiger partial charge is 0.213 e. The van der Waals surface area contributed by atoms with Gasteiger partial charge in [-0.1, -0.05) is 48.0 Å². The molecule has 0 fully saturated rings. The van der Waals surface area contributed by atoms with E-state index in [-0.39, 0.29) is 23.7 Å². The van der Waals surface area contributed by atoms with Gasteiger partial charge in [0.1, 0.15) is 12.2 Å². The Labute approximate surface area is 139 Å². The molecule has 1 aliphatic heterocycles. The fraction of sp³-hybridized carbons (Fsp3) is 0.111. The highest BCUT2D eigenvalue weighted by molar-refractivity contribution is 6.30. The van der Waals surface area contributed by atoms with Gasteiger partial charge in [0.2, 0.25) is 5.88 Å². The van der Waals surface area contributed by atoms with Crippen LogP contribution in [0.25, 0.3) is 0 Å². The lowest BCUT2D eigenvalue weighted by Crippen LogP contribution is -2.23. The zero-order valence-electron chi connectivity index (χ0n) is 12.1. The van der Waals surface area contributed by atoms with E-state index in [1.807, 2.05) is 36.4 Å². The summed E-state index contributed by atoms with van der Waals surface area (Å²) in [6, 6.07) is 18.4. The van der Waals surface area contributed by atoms with E-state index in [0.29, 0.717) is 10.7 Å². The predicted molar refractivity (Wildman–Crippen MR) is 87.6 cm³/mol. The van der Waals surface area contributed by atoms with Gasteiger partial charge >= 0.3 is 0 Å². The average molecular weight is 325 g/mol. The molecule has 1 unspecified atom stereocenters. The van der Waals surface area contributed by atoms with Crippen LogP contribution >= 0.6 is 11.6 Å². The Balaban J connectivity index is 1.91. The van der Waals surface area contributed by atoms with Crippen LogP contribution in [0.4, 0.5) is 5.69 Å². The molecular weight excluding hydrogens is 312 g/mol. The Kier molecular flexibility index (Phi) is 4.31. The molecule has 0 aromatic heterocycles. The predicted octanol–water partition coefficient (Wildman–Crippen LogP) is 4.22. The van der Waals surface area contributed by atoms with E-state index < -0.39 is 6.10 Å². The van der Waals surface area contributed by atoms with Crippen molar-refractivity contribution in [3.8, 4) is 6.07 Å². The Morgan fingerprint density at radius 2 is 1.96 bits per heavy atom. The highest BCUT2D eigenvalue weighted by Gasteiger charge is 2.30. The molecule has 1 atom stereocenters. The lowest BCUT2D eigenvalue weighted by atomic mass is 9.98. The van der Waals surface area contributed by atoms with Gasteiger partial charge in [-0.2, -0.15) is 5.26 Å². The number of allylic oxidation sites excluding steroid dienone is 1. The number of hydrogen-bond acceptors (Lipinski definition) is 4. The summed E-state index contributed by atoms with van der Waals surface area (Å²) in [5, 5.41) is 12.8. The van der Waals surface area contributed by atoms with Gasteiger partial charge in [-0.05, 0) is 23.8 Å². The number of ketones is 1. The number of Topliss-reactive ketones (excluding diaryl/α,β-unsaturated/α-hetero) is 1. The Morgan fingerprint density at radius 1 is 1.17 bits per heavy atom. The topological polar surface area (TPSA) is 62.1 Å². The Hall–Kier alpha value is -2.77. The van der Waals surface area contributed by atoms with Gasteiger partial charge in [-0.25, -0.2) is 0 Å². The van der Waals surface area contributed by atoms with Crippen LogP contribution in [0.2, 0.25) is 5.02 Å². The molecule has 0 aliphatic carbocycles. The van der Waals surface area contributed by atoms with Crippen LogP contribution in [-0.2, 0) is 9.53 Å². The van der Waals surface area contributed by atoms with Gasteiger partial charge in [0.15, 0.2) is 11.4 Å². The second-order valence-corrected chi connectivity index (χ2v) is 5.53. The third-order valence-corrected chi connectivity index (χ3v) is 3.74. The minimum Gasteiger partial charge on any atom is -0.469 e. The van der Waals surface area contributed by atoms with Gasteiger partial charge < -0.3 is 10.1 Å². The SMILES string of the molecule is N#CC1=C(Nc2cccc(Cl)c2)OC(c2ccccc2)CC1=O. The van der Waals surface area contributed by atoms with Crippen LogP contribution < -0.4 is 5.32 Å². The molecule has 1 N–H and O–H groups in total. The maximum absolute atomic E-state index is 12.3. The molecule has 1 aliphatic rings. The summed E-state index contributed by atoms with van der Waals surface area (Å²) < 4.78 is 5.87. The maximum Gasteiger partial charge on any atom is 0.213 e. The second kappa shape index (κ2) is 6.55. The molecule has 4 nitrogen and oxygen atoms in total. The zero-order valence-corrected chi connectivity index (χ0v) is 12.9. The number of carbonyl (C=O) groups excluding carboxylic acids is 1. The normalized spacial score (nSPS) is 17.4. The minimum atomic E-state index is -0.414. The quantitative estimate of drug-likeness (QED) is 0.918. The van der Waals surface area contributed by atoms with Crippen LogP contribution in [0.1, 0.15) is 18.1 Å². The highest BCUT2D eigenvalue weighted by Crippen LogP contribution is 2.32. The van der Waals surface area contributed by atoms with Crippen molar-refractivity contribution in [1.82, 2.24) is 0 Å². The van der Waals surface area contributed by atoms with Crippen LogP contribution in [0, 0.1) is 11.3 Å². The first-order valence-electron chi connectivity index (χ1n) is 7.09. The first-order valence-corrected chi connectivity index (χ1v) is 7.47. The maximum atomic E-state index is 12.3. The van der Waals surface area contributed by atoms with E-state index in [9.17, 15) is 10.1 Å². The van der Waals surface area contributed by atoms with Crippen LogP contribution in [0.3, 0.4) is 0 Å². The number of benzene rings is 2. The molecule has 0 amide bonds. The first-order chi connectivity index (χ1) is 11.2. The third-order valence-electron chi connectivity index (χ3n) is 3.50. The van der Waals surface area contributed by atoms with Crippen molar-refractivity contribution in [3.63, 3.8) is 0 Å². The second-order valence-electron chi connectivity index (χ2n) is 5.10. The number of anilines is 1. The summed E-state index contributed by atoms with van der Waals surface area (Å²) in [6.45, 7) is 0. The van der Waals surface area contributed by atoms with Crippen molar-refractivity contribution in [3.05, 3.63) is 76.6 Å². The van der Waals surface area contributed by atoms with E-state index >= 15 is 0 Å². The molecule has 0 radical (unpaired) electrons. The van der Waals surface area contributed by atoms with E-state index in [1.165, 1.54) is 0 Å². The van der Waals surface area contributed by atoms with Gasteiger partial charge in [-0.15, -0.1) is 0 Å². The van der Waals surface area contributed by atoms with Gasteiger partial charge in [0.25, 0.3) is 0 Å². The monoisotopic (exact) mass is 324 g/mol. The van der Waals surface area contributed by atoms with Crippen molar-refractivity contribution in [2.75, 3.05) is 5.32 Å². The number of carbonyl (C=O) groups is 1. The lowest BCUT2D eigenvalue weighted by Gasteiger charge is -2.26. The number of halogens is 1. The number of hydrogen-bond donors (Lipinski definition) is 1. The van der Waals surface area contributed by atoms with Crippen LogP contribution in [0.15, 0.2) is 66.1 Å². The van der Waals surface area contributed by atoms with E-state index in [0.717, 1.165) is 5.56 Å². The summed E-state index contributed by atoms with van der Waals surface area (Å²) in [7, 11) is 0. The average Bonchev–Trinajstić information content (AvgIpc) is 2.55.